The molecular formula is C17H16N2OS. The highest BCUT2D eigenvalue weighted by Crippen LogP contribution is 2.37. The molecule has 106 valence electrons. The number of aromatic hydroxyl groups is 1. The molecular weight excluding hydrogens is 280 g/mol. The van der Waals surface area contributed by atoms with Crippen LogP contribution in [0.1, 0.15) is 34.5 Å². The zero-order valence-electron chi connectivity index (χ0n) is 11.7. The first-order valence-corrected chi connectivity index (χ1v) is 8.15. The summed E-state index contributed by atoms with van der Waals surface area (Å²) in [4.78, 5) is 11.6. The molecule has 2 heterocycles. The van der Waals surface area contributed by atoms with Gasteiger partial charge in [0.05, 0.1) is 5.69 Å². The number of aryl methyl sites for hydroxylation is 2. The van der Waals surface area contributed by atoms with Crippen molar-refractivity contribution in [3.05, 3.63) is 52.3 Å². The van der Waals surface area contributed by atoms with E-state index in [0.29, 0.717) is 5.75 Å². The van der Waals surface area contributed by atoms with Crippen LogP contribution in [0.15, 0.2) is 30.6 Å². The van der Waals surface area contributed by atoms with E-state index < -0.39 is 0 Å². The number of rotatable bonds is 2. The maximum absolute atomic E-state index is 9.63. The standard InChI is InChI=1S/C17H16N2OS/c20-12-5-3-4-11(8-12)9-14-16-13-6-1-2-7-15(13)21-17(16)19-10-18-14/h3-5,8,10,20H,1-2,6-7,9H2. The molecule has 1 aliphatic rings. The molecule has 3 aromatic rings. The number of thiophene rings is 1. The molecule has 0 aliphatic heterocycles. The van der Waals surface area contributed by atoms with Gasteiger partial charge in [-0.25, -0.2) is 9.97 Å². The highest BCUT2D eigenvalue weighted by atomic mass is 32.1. The topological polar surface area (TPSA) is 46.0 Å². The van der Waals surface area contributed by atoms with E-state index in [0.717, 1.165) is 28.9 Å². The Labute approximate surface area is 127 Å². The molecule has 0 amide bonds. The lowest BCUT2D eigenvalue weighted by molar-refractivity contribution is 0.474. The van der Waals surface area contributed by atoms with Crippen molar-refractivity contribution in [3.8, 4) is 5.75 Å². The molecule has 0 unspecified atom stereocenters. The minimum Gasteiger partial charge on any atom is -0.508 e. The second-order valence-corrected chi connectivity index (χ2v) is 6.64. The van der Waals surface area contributed by atoms with E-state index in [1.54, 1.807) is 12.4 Å². The lowest BCUT2D eigenvalue weighted by Gasteiger charge is -2.11. The molecule has 0 bridgehead atoms. The van der Waals surface area contributed by atoms with Crippen LogP contribution in [0.25, 0.3) is 10.2 Å². The van der Waals surface area contributed by atoms with Gasteiger partial charge in [-0.05, 0) is 48.9 Å². The fourth-order valence-corrected chi connectivity index (χ4v) is 4.40. The summed E-state index contributed by atoms with van der Waals surface area (Å²) in [6, 6.07) is 7.43. The largest absolute Gasteiger partial charge is 0.508 e. The van der Waals surface area contributed by atoms with Crippen molar-refractivity contribution in [2.45, 2.75) is 32.1 Å². The van der Waals surface area contributed by atoms with Crippen LogP contribution in [-0.2, 0) is 19.3 Å². The number of phenolic OH excluding ortho intramolecular Hbond substituents is 1. The molecule has 1 aromatic carbocycles. The second kappa shape index (κ2) is 5.11. The first-order valence-electron chi connectivity index (χ1n) is 7.33. The van der Waals surface area contributed by atoms with Gasteiger partial charge in [-0.2, -0.15) is 0 Å². The number of aromatic nitrogens is 2. The van der Waals surface area contributed by atoms with Crippen LogP contribution in [0.2, 0.25) is 0 Å². The summed E-state index contributed by atoms with van der Waals surface area (Å²) < 4.78 is 0. The van der Waals surface area contributed by atoms with Gasteiger partial charge in [-0.15, -0.1) is 11.3 Å². The molecule has 1 aliphatic carbocycles. The Balaban J connectivity index is 1.83. The van der Waals surface area contributed by atoms with Crippen LogP contribution < -0.4 is 0 Å². The van der Waals surface area contributed by atoms with Gasteiger partial charge < -0.3 is 5.11 Å². The minimum absolute atomic E-state index is 0.310. The molecule has 1 N–H and O–H groups in total. The van der Waals surface area contributed by atoms with Gasteiger partial charge in [-0.1, -0.05) is 12.1 Å². The predicted octanol–water partition coefficient (Wildman–Crippen LogP) is 3.87. The molecule has 21 heavy (non-hydrogen) atoms. The van der Waals surface area contributed by atoms with E-state index in [4.69, 9.17) is 0 Å². The summed E-state index contributed by atoms with van der Waals surface area (Å²) in [6.45, 7) is 0. The smallest absolute Gasteiger partial charge is 0.127 e. The Morgan fingerprint density at radius 3 is 2.95 bits per heavy atom. The number of fused-ring (bicyclic) bond motifs is 3. The van der Waals surface area contributed by atoms with Crippen LogP contribution in [0.5, 0.6) is 5.75 Å². The number of benzene rings is 1. The predicted molar refractivity (Wildman–Crippen MR) is 85.0 cm³/mol. The molecule has 0 saturated heterocycles. The monoisotopic (exact) mass is 296 g/mol. The summed E-state index contributed by atoms with van der Waals surface area (Å²) in [5.74, 6) is 0.310. The molecule has 0 fully saturated rings. The van der Waals surface area contributed by atoms with Crippen molar-refractivity contribution in [2.75, 3.05) is 0 Å². The van der Waals surface area contributed by atoms with E-state index in [1.807, 2.05) is 29.5 Å². The molecule has 0 spiro atoms. The molecule has 3 nitrogen and oxygen atoms in total. The van der Waals surface area contributed by atoms with Crippen molar-refractivity contribution >= 4 is 21.6 Å². The maximum atomic E-state index is 9.63. The van der Waals surface area contributed by atoms with Crippen LogP contribution in [-0.4, -0.2) is 15.1 Å². The van der Waals surface area contributed by atoms with Crippen molar-refractivity contribution in [3.63, 3.8) is 0 Å². The van der Waals surface area contributed by atoms with Crippen molar-refractivity contribution < 1.29 is 5.11 Å². The maximum Gasteiger partial charge on any atom is 0.127 e. The second-order valence-electron chi connectivity index (χ2n) is 5.56. The fourth-order valence-electron chi connectivity index (χ4n) is 3.15. The summed E-state index contributed by atoms with van der Waals surface area (Å²) in [5.41, 5.74) is 3.65. The van der Waals surface area contributed by atoms with Gasteiger partial charge >= 0.3 is 0 Å². The molecule has 0 atom stereocenters. The molecule has 4 heteroatoms. The van der Waals surface area contributed by atoms with Gasteiger partial charge in [0.25, 0.3) is 0 Å². The van der Waals surface area contributed by atoms with E-state index in [-0.39, 0.29) is 0 Å². The average Bonchev–Trinajstić information content (AvgIpc) is 2.87. The van der Waals surface area contributed by atoms with Crippen LogP contribution in [0, 0.1) is 0 Å². The number of nitrogens with zero attached hydrogens (tertiary/aromatic N) is 2. The summed E-state index contributed by atoms with van der Waals surface area (Å²) in [5, 5.41) is 10.9. The molecule has 0 radical (unpaired) electrons. The van der Waals surface area contributed by atoms with Crippen molar-refractivity contribution in [1.82, 2.24) is 9.97 Å². The van der Waals surface area contributed by atoms with Gasteiger partial charge in [0, 0.05) is 16.7 Å². The Morgan fingerprint density at radius 1 is 1.14 bits per heavy atom. The van der Waals surface area contributed by atoms with Crippen molar-refractivity contribution in [1.29, 1.82) is 0 Å². The SMILES string of the molecule is Oc1cccc(Cc2ncnc3sc4c(c23)CCCC4)c1. The highest BCUT2D eigenvalue weighted by molar-refractivity contribution is 7.18. The Kier molecular flexibility index (Phi) is 3.11. The van der Waals surface area contributed by atoms with Gasteiger partial charge in [0.1, 0.15) is 16.9 Å². The van der Waals surface area contributed by atoms with E-state index in [2.05, 4.69) is 9.97 Å². The van der Waals surface area contributed by atoms with Crippen LogP contribution in [0.4, 0.5) is 0 Å². The Morgan fingerprint density at radius 2 is 2.05 bits per heavy atom. The van der Waals surface area contributed by atoms with Gasteiger partial charge in [0.15, 0.2) is 0 Å². The number of phenols is 1. The van der Waals surface area contributed by atoms with E-state index in [1.165, 1.54) is 35.1 Å². The molecule has 2 aromatic heterocycles. The lowest BCUT2D eigenvalue weighted by atomic mass is 9.95. The van der Waals surface area contributed by atoms with Gasteiger partial charge in [0.2, 0.25) is 0 Å². The molecule has 0 saturated carbocycles. The minimum atomic E-state index is 0.310. The zero-order chi connectivity index (χ0) is 14.2. The van der Waals surface area contributed by atoms with E-state index in [9.17, 15) is 5.11 Å². The van der Waals surface area contributed by atoms with Crippen LogP contribution >= 0.6 is 11.3 Å². The number of hydrogen-bond acceptors (Lipinski definition) is 4. The first kappa shape index (κ1) is 12.8. The third-order valence-electron chi connectivity index (χ3n) is 4.11. The summed E-state index contributed by atoms with van der Waals surface area (Å²) in [7, 11) is 0. The molecule has 4 rings (SSSR count). The highest BCUT2D eigenvalue weighted by Gasteiger charge is 2.19. The van der Waals surface area contributed by atoms with Crippen LogP contribution in [0.3, 0.4) is 0 Å². The summed E-state index contributed by atoms with van der Waals surface area (Å²) in [6.07, 6.45) is 7.30. The first-order chi connectivity index (χ1) is 10.3. The third kappa shape index (κ3) is 2.29. The average molecular weight is 296 g/mol. The Bertz CT molecular complexity index is 810. The summed E-state index contributed by atoms with van der Waals surface area (Å²) >= 11 is 1.83. The quantitative estimate of drug-likeness (QED) is 0.781. The fraction of sp³-hybridized carbons (Fsp3) is 0.294. The van der Waals surface area contributed by atoms with Crippen molar-refractivity contribution in [2.24, 2.45) is 0 Å². The Hall–Kier alpha value is -1.94. The number of hydrogen-bond donors (Lipinski definition) is 1. The van der Waals surface area contributed by atoms with E-state index >= 15 is 0 Å². The normalized spacial score (nSPS) is 14.3. The zero-order valence-corrected chi connectivity index (χ0v) is 12.5. The lowest BCUT2D eigenvalue weighted by Crippen LogP contribution is -2.01. The third-order valence-corrected chi connectivity index (χ3v) is 5.31. The van der Waals surface area contributed by atoms with Gasteiger partial charge in [-0.3, -0.25) is 0 Å².